The highest BCUT2D eigenvalue weighted by Crippen LogP contribution is 2.36. The van der Waals surface area contributed by atoms with Crippen molar-refractivity contribution in [3.8, 4) is 0 Å². The molecule has 1 saturated heterocycles. The van der Waals surface area contributed by atoms with Crippen LogP contribution in [0.5, 0.6) is 0 Å². The van der Waals surface area contributed by atoms with E-state index in [1.165, 1.54) is 0 Å². The zero-order valence-electron chi connectivity index (χ0n) is 11.6. The Balaban J connectivity index is 2.51. The van der Waals surface area contributed by atoms with Crippen molar-refractivity contribution in [3.05, 3.63) is 33.9 Å². The molecule has 1 heterocycles. The highest BCUT2D eigenvalue weighted by Gasteiger charge is 2.37. The minimum absolute atomic E-state index is 0.00727. The first-order chi connectivity index (χ1) is 9.43. The number of anilines is 1. The summed E-state index contributed by atoms with van der Waals surface area (Å²) >= 11 is 0. The summed E-state index contributed by atoms with van der Waals surface area (Å²) < 4.78 is 0. The Kier molecular flexibility index (Phi) is 3.92. The summed E-state index contributed by atoms with van der Waals surface area (Å²) in [7, 11) is 0. The van der Waals surface area contributed by atoms with Gasteiger partial charge in [-0.15, -0.1) is 0 Å². The lowest BCUT2D eigenvalue weighted by atomic mass is 9.90. The minimum Gasteiger partial charge on any atom is -0.480 e. The fourth-order valence-corrected chi connectivity index (χ4v) is 2.95. The molecule has 0 bridgehead atoms. The van der Waals surface area contributed by atoms with Gasteiger partial charge in [0.2, 0.25) is 0 Å². The van der Waals surface area contributed by atoms with Gasteiger partial charge in [-0.25, -0.2) is 4.79 Å². The largest absolute Gasteiger partial charge is 0.480 e. The lowest BCUT2D eigenvalue weighted by Crippen LogP contribution is -2.49. The van der Waals surface area contributed by atoms with E-state index >= 15 is 0 Å². The minimum atomic E-state index is -0.923. The Morgan fingerprint density at radius 3 is 2.80 bits per heavy atom. The van der Waals surface area contributed by atoms with Crippen molar-refractivity contribution in [3.63, 3.8) is 0 Å². The Bertz CT molecular complexity index is 544. The van der Waals surface area contributed by atoms with Crippen molar-refractivity contribution in [2.75, 3.05) is 11.4 Å². The SMILES string of the molecule is Cc1cccc(N2CCCC(C)C2C(=O)O)c1[N+](=O)[O-]. The van der Waals surface area contributed by atoms with E-state index in [1.807, 2.05) is 6.92 Å². The molecule has 0 saturated carbocycles. The van der Waals surface area contributed by atoms with Crippen molar-refractivity contribution in [2.45, 2.75) is 32.7 Å². The number of nitro benzene ring substituents is 1. The van der Waals surface area contributed by atoms with Gasteiger partial charge in [0.1, 0.15) is 11.7 Å². The third kappa shape index (κ3) is 2.45. The van der Waals surface area contributed by atoms with Gasteiger partial charge in [-0.2, -0.15) is 0 Å². The predicted octanol–water partition coefficient (Wildman–Crippen LogP) is 2.59. The molecule has 1 aromatic rings. The lowest BCUT2D eigenvalue weighted by Gasteiger charge is -2.38. The van der Waals surface area contributed by atoms with Crippen LogP contribution in [0.1, 0.15) is 25.3 Å². The Morgan fingerprint density at radius 1 is 1.50 bits per heavy atom. The number of nitro groups is 1. The van der Waals surface area contributed by atoms with Crippen LogP contribution >= 0.6 is 0 Å². The maximum Gasteiger partial charge on any atom is 0.326 e. The van der Waals surface area contributed by atoms with Crippen LogP contribution in [0.25, 0.3) is 0 Å². The second kappa shape index (κ2) is 5.48. The summed E-state index contributed by atoms with van der Waals surface area (Å²) in [6.45, 7) is 4.09. The van der Waals surface area contributed by atoms with E-state index in [1.54, 1.807) is 30.0 Å². The van der Waals surface area contributed by atoms with Gasteiger partial charge in [0.15, 0.2) is 0 Å². The Morgan fingerprint density at radius 2 is 2.20 bits per heavy atom. The first kappa shape index (κ1) is 14.3. The summed E-state index contributed by atoms with van der Waals surface area (Å²) in [6.07, 6.45) is 1.67. The second-order valence-electron chi connectivity index (χ2n) is 5.30. The van der Waals surface area contributed by atoms with Crippen LogP contribution in [0.3, 0.4) is 0 Å². The summed E-state index contributed by atoms with van der Waals surface area (Å²) in [5, 5.41) is 20.7. The molecule has 20 heavy (non-hydrogen) atoms. The molecule has 2 rings (SSSR count). The van der Waals surface area contributed by atoms with Gasteiger partial charge >= 0.3 is 5.97 Å². The highest BCUT2D eigenvalue weighted by molar-refractivity contribution is 5.81. The first-order valence-electron chi connectivity index (χ1n) is 6.67. The van der Waals surface area contributed by atoms with Gasteiger partial charge in [0, 0.05) is 12.1 Å². The number of carbonyl (C=O) groups is 1. The van der Waals surface area contributed by atoms with Crippen LogP contribution < -0.4 is 4.90 Å². The molecule has 1 aliphatic rings. The quantitative estimate of drug-likeness (QED) is 0.678. The number of benzene rings is 1. The second-order valence-corrected chi connectivity index (χ2v) is 5.30. The molecule has 2 atom stereocenters. The predicted molar refractivity (Wildman–Crippen MR) is 75.0 cm³/mol. The monoisotopic (exact) mass is 278 g/mol. The van der Waals surface area contributed by atoms with Gasteiger partial charge in [-0.05, 0) is 31.7 Å². The van der Waals surface area contributed by atoms with E-state index in [4.69, 9.17) is 0 Å². The zero-order valence-corrected chi connectivity index (χ0v) is 11.6. The number of nitrogens with zero attached hydrogens (tertiary/aromatic N) is 2. The molecule has 6 heteroatoms. The number of aryl methyl sites for hydroxylation is 1. The smallest absolute Gasteiger partial charge is 0.326 e. The molecule has 1 fully saturated rings. The molecular formula is C14H18N2O4. The van der Waals surface area contributed by atoms with E-state index in [-0.39, 0.29) is 11.6 Å². The Hall–Kier alpha value is -2.11. The van der Waals surface area contributed by atoms with Crippen LogP contribution in [0.15, 0.2) is 18.2 Å². The van der Waals surface area contributed by atoms with Crippen molar-refractivity contribution in [2.24, 2.45) is 5.92 Å². The third-order valence-corrected chi connectivity index (χ3v) is 3.89. The summed E-state index contributed by atoms with van der Waals surface area (Å²) in [5.74, 6) is -0.950. The third-order valence-electron chi connectivity index (χ3n) is 3.89. The summed E-state index contributed by atoms with van der Waals surface area (Å²) in [6, 6.07) is 4.34. The molecule has 2 unspecified atom stereocenters. The Labute approximate surface area is 117 Å². The van der Waals surface area contributed by atoms with Crippen molar-refractivity contribution < 1.29 is 14.8 Å². The van der Waals surface area contributed by atoms with Crippen molar-refractivity contribution in [1.82, 2.24) is 0 Å². The molecule has 6 nitrogen and oxygen atoms in total. The van der Waals surface area contributed by atoms with Crippen LogP contribution in [-0.4, -0.2) is 28.6 Å². The zero-order chi connectivity index (χ0) is 14.9. The molecule has 0 spiro atoms. The number of hydrogen-bond donors (Lipinski definition) is 1. The number of carboxylic acid groups (broad SMARTS) is 1. The first-order valence-corrected chi connectivity index (χ1v) is 6.67. The summed E-state index contributed by atoms with van der Waals surface area (Å²) in [5.41, 5.74) is 0.969. The fourth-order valence-electron chi connectivity index (χ4n) is 2.95. The molecule has 0 radical (unpaired) electrons. The number of carboxylic acids is 1. The van der Waals surface area contributed by atoms with Gasteiger partial charge in [-0.3, -0.25) is 10.1 Å². The fraction of sp³-hybridized carbons (Fsp3) is 0.500. The van der Waals surface area contributed by atoms with Crippen LogP contribution in [0.4, 0.5) is 11.4 Å². The van der Waals surface area contributed by atoms with Gasteiger partial charge in [0.25, 0.3) is 5.69 Å². The molecular weight excluding hydrogens is 260 g/mol. The van der Waals surface area contributed by atoms with E-state index in [2.05, 4.69) is 0 Å². The van der Waals surface area contributed by atoms with Crippen molar-refractivity contribution >= 4 is 17.3 Å². The molecule has 0 aliphatic carbocycles. The lowest BCUT2D eigenvalue weighted by molar-refractivity contribution is -0.384. The molecule has 1 N–H and O–H groups in total. The van der Waals surface area contributed by atoms with E-state index in [9.17, 15) is 20.0 Å². The topological polar surface area (TPSA) is 83.7 Å². The van der Waals surface area contributed by atoms with E-state index in [0.717, 1.165) is 12.8 Å². The number of piperidine rings is 1. The normalized spacial score (nSPS) is 22.6. The van der Waals surface area contributed by atoms with Gasteiger partial charge in [-0.1, -0.05) is 19.1 Å². The van der Waals surface area contributed by atoms with Crippen LogP contribution in [-0.2, 0) is 4.79 Å². The van der Waals surface area contributed by atoms with E-state index < -0.39 is 16.9 Å². The maximum atomic E-state index is 11.5. The summed E-state index contributed by atoms with van der Waals surface area (Å²) in [4.78, 5) is 24.0. The van der Waals surface area contributed by atoms with E-state index in [0.29, 0.717) is 17.8 Å². The number of para-hydroxylation sites is 1. The molecule has 0 aromatic heterocycles. The van der Waals surface area contributed by atoms with Crippen LogP contribution in [0, 0.1) is 23.0 Å². The average Bonchev–Trinajstić information content (AvgIpc) is 2.37. The molecule has 0 amide bonds. The standard InChI is InChI=1S/C14H18N2O4/c1-9-5-3-7-11(12(9)16(19)20)15-8-4-6-10(2)13(15)14(17)18/h3,5,7,10,13H,4,6,8H2,1-2H3,(H,17,18). The number of rotatable bonds is 3. The van der Waals surface area contributed by atoms with Gasteiger partial charge in [0.05, 0.1) is 4.92 Å². The maximum absolute atomic E-state index is 11.5. The number of aliphatic carboxylic acids is 1. The number of hydrogen-bond acceptors (Lipinski definition) is 4. The van der Waals surface area contributed by atoms with Gasteiger partial charge < -0.3 is 10.0 Å². The molecule has 108 valence electrons. The van der Waals surface area contributed by atoms with Crippen molar-refractivity contribution in [1.29, 1.82) is 0 Å². The molecule has 1 aromatic carbocycles. The molecule has 1 aliphatic heterocycles. The average molecular weight is 278 g/mol. The highest BCUT2D eigenvalue weighted by atomic mass is 16.6. The van der Waals surface area contributed by atoms with Crippen LogP contribution in [0.2, 0.25) is 0 Å².